The Morgan fingerprint density at radius 2 is 1.56 bits per heavy atom. The summed E-state index contributed by atoms with van der Waals surface area (Å²) in [5.41, 5.74) is 1.14. The second-order valence-electron chi connectivity index (χ2n) is 8.49. The van der Waals surface area contributed by atoms with E-state index in [1.165, 1.54) is 36.0 Å². The number of halogens is 1. The van der Waals surface area contributed by atoms with Crippen molar-refractivity contribution in [2.24, 2.45) is 0 Å². The summed E-state index contributed by atoms with van der Waals surface area (Å²) in [6.07, 6.45) is 1.26. The van der Waals surface area contributed by atoms with E-state index in [2.05, 4.69) is 31.9 Å². The number of thioether (sulfide) groups is 1. The molecule has 41 heavy (non-hydrogen) atoms. The first-order valence-electron chi connectivity index (χ1n) is 12.2. The number of nitro benzene ring substituents is 1. The van der Waals surface area contributed by atoms with E-state index in [9.17, 15) is 24.5 Å². The number of nitrogens with one attached hydrogen (secondary N) is 3. The van der Waals surface area contributed by atoms with Crippen LogP contribution in [0.3, 0.4) is 0 Å². The number of carbonyl (C=O) groups excluding carboxylic acids is 3. The minimum atomic E-state index is -0.679. The van der Waals surface area contributed by atoms with Crippen molar-refractivity contribution >= 4 is 68.6 Å². The third-order valence-corrected chi connectivity index (χ3v) is 7.26. The van der Waals surface area contributed by atoms with Gasteiger partial charge in [-0.25, -0.2) is 0 Å². The molecule has 0 bridgehead atoms. The molecule has 3 N–H and O–H groups in total. The molecule has 0 aromatic heterocycles. The monoisotopic (exact) mass is 630 g/mol. The molecule has 0 radical (unpaired) electrons. The zero-order valence-electron chi connectivity index (χ0n) is 21.4. The summed E-state index contributed by atoms with van der Waals surface area (Å²) in [7, 11) is 0. The topological polar surface area (TPSA) is 130 Å². The second kappa shape index (κ2) is 14.1. The van der Waals surface area contributed by atoms with Crippen LogP contribution in [0.1, 0.15) is 15.9 Å². The highest BCUT2D eigenvalue weighted by atomic mass is 79.9. The molecule has 0 fully saturated rings. The Morgan fingerprint density at radius 1 is 0.854 bits per heavy atom. The van der Waals surface area contributed by atoms with E-state index in [1.54, 1.807) is 66.7 Å². The van der Waals surface area contributed by atoms with Gasteiger partial charge >= 0.3 is 0 Å². The smallest absolute Gasteiger partial charge is 0.276 e. The van der Waals surface area contributed by atoms with Gasteiger partial charge in [-0.05, 0) is 70.5 Å². The van der Waals surface area contributed by atoms with Gasteiger partial charge in [0.2, 0.25) is 5.91 Å². The van der Waals surface area contributed by atoms with Crippen LogP contribution in [0, 0.1) is 10.1 Å². The Balaban J connectivity index is 1.50. The molecule has 9 nitrogen and oxygen atoms in total. The molecule has 0 saturated carbocycles. The normalized spacial score (nSPS) is 10.9. The fraction of sp³-hybridized carbons (Fsp3) is 0.0333. The van der Waals surface area contributed by atoms with Crippen molar-refractivity contribution in [2.75, 3.05) is 16.4 Å². The first-order chi connectivity index (χ1) is 19.8. The summed E-state index contributed by atoms with van der Waals surface area (Å²) in [6.45, 7) is 0. The molecule has 4 aromatic rings. The first-order valence-corrected chi connectivity index (χ1v) is 14.0. The summed E-state index contributed by atoms with van der Waals surface area (Å²) in [5, 5.41) is 19.7. The molecule has 0 aliphatic rings. The average molecular weight is 632 g/mol. The van der Waals surface area contributed by atoms with Crippen LogP contribution in [0.2, 0.25) is 0 Å². The SMILES string of the molecule is O=C(CSc1cccc(NC(=O)/C(=C\c2ccccc2[N+](=O)[O-])NC(=O)c2ccccc2)c1)Nc1ccccc1Br. The van der Waals surface area contributed by atoms with Gasteiger partial charge in [0.05, 0.1) is 21.9 Å². The van der Waals surface area contributed by atoms with E-state index < -0.39 is 16.7 Å². The number of nitrogens with zero attached hydrogens (tertiary/aromatic N) is 1. The van der Waals surface area contributed by atoms with Gasteiger partial charge in [-0.15, -0.1) is 11.8 Å². The molecule has 206 valence electrons. The summed E-state index contributed by atoms with van der Waals surface area (Å²) in [5.74, 6) is -1.30. The summed E-state index contributed by atoms with van der Waals surface area (Å²) in [6, 6.07) is 28.4. The van der Waals surface area contributed by atoms with Gasteiger partial charge in [0, 0.05) is 26.7 Å². The number of para-hydroxylation sites is 2. The number of nitro groups is 1. The van der Waals surface area contributed by atoms with Crippen molar-refractivity contribution in [2.45, 2.75) is 4.90 Å². The van der Waals surface area contributed by atoms with E-state index in [0.717, 1.165) is 9.37 Å². The molecule has 11 heteroatoms. The minimum absolute atomic E-state index is 0.134. The average Bonchev–Trinajstić information content (AvgIpc) is 2.97. The second-order valence-corrected chi connectivity index (χ2v) is 10.4. The maximum Gasteiger partial charge on any atom is 0.276 e. The molecule has 3 amide bonds. The van der Waals surface area contributed by atoms with Gasteiger partial charge < -0.3 is 16.0 Å². The van der Waals surface area contributed by atoms with Crippen LogP contribution >= 0.6 is 27.7 Å². The van der Waals surface area contributed by atoms with Crippen molar-refractivity contribution in [1.29, 1.82) is 0 Å². The summed E-state index contributed by atoms with van der Waals surface area (Å²) in [4.78, 5) is 50.3. The highest BCUT2D eigenvalue weighted by Gasteiger charge is 2.18. The first kappa shape index (κ1) is 29.2. The van der Waals surface area contributed by atoms with E-state index in [4.69, 9.17) is 0 Å². The van der Waals surface area contributed by atoms with E-state index in [-0.39, 0.29) is 28.6 Å². The van der Waals surface area contributed by atoms with Crippen molar-refractivity contribution in [3.05, 3.63) is 135 Å². The lowest BCUT2D eigenvalue weighted by molar-refractivity contribution is -0.385. The predicted molar refractivity (Wildman–Crippen MR) is 164 cm³/mol. The Morgan fingerprint density at radius 3 is 2.32 bits per heavy atom. The molecule has 0 unspecified atom stereocenters. The molecule has 0 aliphatic carbocycles. The van der Waals surface area contributed by atoms with Crippen LogP contribution in [-0.2, 0) is 9.59 Å². The van der Waals surface area contributed by atoms with Crippen LogP contribution in [0.5, 0.6) is 0 Å². The number of benzene rings is 4. The standard InChI is InChI=1S/C30H23BrN4O5S/c31-24-14-5-6-15-25(24)33-28(36)19-41-23-13-8-12-22(18-23)32-30(38)26(34-29(37)20-9-2-1-3-10-20)17-21-11-4-7-16-27(21)35(39)40/h1-18H,19H2,(H,32,38)(H,33,36)(H,34,37)/b26-17+. The third-order valence-electron chi connectivity index (χ3n) is 5.57. The van der Waals surface area contributed by atoms with E-state index >= 15 is 0 Å². The quantitative estimate of drug-likeness (QED) is 0.0793. The van der Waals surface area contributed by atoms with Crippen molar-refractivity contribution in [3.8, 4) is 0 Å². The van der Waals surface area contributed by atoms with Crippen molar-refractivity contribution in [1.82, 2.24) is 5.32 Å². The minimum Gasteiger partial charge on any atom is -0.324 e. The Kier molecular flexibility index (Phi) is 10.0. The van der Waals surface area contributed by atoms with Crippen LogP contribution in [-0.4, -0.2) is 28.4 Å². The summed E-state index contributed by atoms with van der Waals surface area (Å²) < 4.78 is 0.770. The molecule has 0 spiro atoms. The van der Waals surface area contributed by atoms with Crippen LogP contribution in [0.4, 0.5) is 17.1 Å². The predicted octanol–water partition coefficient (Wildman–Crippen LogP) is 6.50. The van der Waals surface area contributed by atoms with Gasteiger partial charge in [0.1, 0.15) is 5.70 Å². The van der Waals surface area contributed by atoms with Crippen LogP contribution < -0.4 is 16.0 Å². The highest BCUT2D eigenvalue weighted by molar-refractivity contribution is 9.10. The lowest BCUT2D eigenvalue weighted by Gasteiger charge is -2.12. The molecular formula is C30H23BrN4O5S. The molecular weight excluding hydrogens is 608 g/mol. The number of anilines is 2. The van der Waals surface area contributed by atoms with Gasteiger partial charge in [-0.1, -0.05) is 48.5 Å². The Labute approximate surface area is 248 Å². The van der Waals surface area contributed by atoms with Crippen LogP contribution in [0.15, 0.2) is 118 Å². The molecule has 0 heterocycles. The molecule has 0 aliphatic heterocycles. The van der Waals surface area contributed by atoms with Gasteiger partial charge in [-0.2, -0.15) is 0 Å². The zero-order chi connectivity index (χ0) is 29.2. The van der Waals surface area contributed by atoms with Gasteiger partial charge in [0.25, 0.3) is 17.5 Å². The molecule has 0 saturated heterocycles. The molecule has 4 rings (SSSR count). The van der Waals surface area contributed by atoms with Gasteiger partial charge in [0.15, 0.2) is 0 Å². The number of carbonyl (C=O) groups is 3. The number of hydrogen-bond donors (Lipinski definition) is 3. The fourth-order valence-corrected chi connectivity index (χ4v) is 4.77. The lowest BCUT2D eigenvalue weighted by Crippen LogP contribution is -2.30. The van der Waals surface area contributed by atoms with Crippen molar-refractivity contribution < 1.29 is 19.3 Å². The highest BCUT2D eigenvalue weighted by Crippen LogP contribution is 2.25. The Bertz CT molecular complexity index is 1630. The van der Waals surface area contributed by atoms with Crippen LogP contribution in [0.25, 0.3) is 6.08 Å². The maximum absolute atomic E-state index is 13.3. The number of rotatable bonds is 10. The molecule has 4 aromatic carbocycles. The van der Waals surface area contributed by atoms with E-state index in [0.29, 0.717) is 16.9 Å². The number of hydrogen-bond acceptors (Lipinski definition) is 6. The molecule has 0 atom stereocenters. The largest absolute Gasteiger partial charge is 0.324 e. The maximum atomic E-state index is 13.3. The van der Waals surface area contributed by atoms with Crippen molar-refractivity contribution in [3.63, 3.8) is 0 Å². The summed E-state index contributed by atoms with van der Waals surface area (Å²) >= 11 is 4.68. The van der Waals surface area contributed by atoms with Gasteiger partial charge in [-0.3, -0.25) is 24.5 Å². The lowest BCUT2D eigenvalue weighted by atomic mass is 10.1. The Hall–Kier alpha value is -4.74. The van der Waals surface area contributed by atoms with E-state index in [1.807, 2.05) is 18.2 Å². The third kappa shape index (κ3) is 8.37. The zero-order valence-corrected chi connectivity index (χ0v) is 23.8. The number of amides is 3. The fourth-order valence-electron chi connectivity index (χ4n) is 3.63.